The van der Waals surface area contributed by atoms with Crippen molar-refractivity contribution in [3.8, 4) is 5.75 Å². The predicted octanol–water partition coefficient (Wildman–Crippen LogP) is 3.26. The first kappa shape index (κ1) is 17.7. The van der Waals surface area contributed by atoms with Crippen molar-refractivity contribution in [3.05, 3.63) is 40.3 Å². The first-order valence-corrected chi connectivity index (χ1v) is 7.23. The Hall–Kier alpha value is -1.35. The third-order valence-electron chi connectivity index (χ3n) is 2.68. The number of nitrogens with two attached hydrogens (primary N) is 1. The molecule has 3 N–H and O–H groups in total. The summed E-state index contributed by atoms with van der Waals surface area (Å²) in [7, 11) is 1.64. The maximum atomic E-state index is 5.85. The molecule has 0 atom stereocenters. The molecule has 2 aromatic rings. The molecule has 1 aromatic carbocycles. The molecule has 7 heteroatoms. The zero-order valence-electron chi connectivity index (χ0n) is 12.0. The van der Waals surface area contributed by atoms with Crippen LogP contribution in [0, 0.1) is 0 Å². The normalized spacial score (nSPS) is 10.9. The van der Waals surface area contributed by atoms with Gasteiger partial charge in [-0.15, -0.1) is 35.3 Å². The van der Waals surface area contributed by atoms with E-state index in [0.717, 1.165) is 28.6 Å². The second-order valence-electron chi connectivity index (χ2n) is 4.14. The number of anilines is 1. The molecule has 0 aliphatic carbocycles. The molecule has 0 aliphatic heterocycles. The van der Waals surface area contributed by atoms with Crippen LogP contribution in [0.4, 0.5) is 5.69 Å². The molecular weight excluding hydrogens is 399 g/mol. The molecule has 2 rings (SSSR count). The lowest BCUT2D eigenvalue weighted by Gasteiger charge is -2.06. The van der Waals surface area contributed by atoms with E-state index in [4.69, 9.17) is 10.5 Å². The monoisotopic (exact) mass is 418 g/mol. The molecule has 0 bridgehead atoms. The number of hydrogen-bond donors (Lipinski definition) is 2. The van der Waals surface area contributed by atoms with Crippen molar-refractivity contribution in [2.75, 3.05) is 12.4 Å². The second-order valence-corrected chi connectivity index (χ2v) is 5.08. The topological polar surface area (TPSA) is 72.5 Å². The fraction of sp³-hybridized carbons (Fsp3) is 0.286. The first-order chi connectivity index (χ1) is 9.71. The third kappa shape index (κ3) is 5.50. The average molecular weight is 418 g/mol. The molecule has 0 radical (unpaired) electrons. The van der Waals surface area contributed by atoms with E-state index in [-0.39, 0.29) is 24.0 Å². The second kappa shape index (κ2) is 8.83. The minimum atomic E-state index is 0. The minimum absolute atomic E-state index is 0. The van der Waals surface area contributed by atoms with Gasteiger partial charge in [0.2, 0.25) is 0 Å². The number of rotatable bonds is 5. The Bertz CT molecular complexity index is 583. The van der Waals surface area contributed by atoms with E-state index in [1.807, 2.05) is 29.6 Å². The SMILES string of the molecule is CCc1nc(CN=C(N)Nc2ccc(OC)cc2)cs1.I. The largest absolute Gasteiger partial charge is 0.497 e. The Balaban J connectivity index is 0.00000220. The summed E-state index contributed by atoms with van der Waals surface area (Å²) >= 11 is 1.65. The van der Waals surface area contributed by atoms with Crippen molar-refractivity contribution in [2.45, 2.75) is 19.9 Å². The van der Waals surface area contributed by atoms with Gasteiger partial charge in [0, 0.05) is 11.1 Å². The maximum absolute atomic E-state index is 5.85. The highest BCUT2D eigenvalue weighted by atomic mass is 127. The van der Waals surface area contributed by atoms with E-state index in [2.05, 4.69) is 22.2 Å². The molecule has 0 amide bonds. The summed E-state index contributed by atoms with van der Waals surface area (Å²) in [6.07, 6.45) is 0.952. The fourth-order valence-corrected chi connectivity index (χ4v) is 2.35. The molecule has 1 heterocycles. The van der Waals surface area contributed by atoms with E-state index in [9.17, 15) is 0 Å². The summed E-state index contributed by atoms with van der Waals surface area (Å²) < 4.78 is 5.10. The molecule has 5 nitrogen and oxygen atoms in total. The molecule has 0 unspecified atom stereocenters. The van der Waals surface area contributed by atoms with Crippen LogP contribution in [0.15, 0.2) is 34.6 Å². The number of nitrogens with one attached hydrogen (secondary N) is 1. The van der Waals surface area contributed by atoms with Gasteiger partial charge in [-0.05, 0) is 30.7 Å². The number of nitrogens with zero attached hydrogens (tertiary/aromatic N) is 2. The Labute approximate surface area is 145 Å². The highest BCUT2D eigenvalue weighted by Crippen LogP contribution is 2.15. The van der Waals surface area contributed by atoms with Gasteiger partial charge in [-0.1, -0.05) is 6.92 Å². The molecule has 0 spiro atoms. The van der Waals surface area contributed by atoms with Gasteiger partial charge in [0.1, 0.15) is 5.75 Å². The van der Waals surface area contributed by atoms with Gasteiger partial charge in [-0.2, -0.15) is 0 Å². The van der Waals surface area contributed by atoms with Gasteiger partial charge in [0.15, 0.2) is 5.96 Å². The van der Waals surface area contributed by atoms with Crippen molar-refractivity contribution in [1.29, 1.82) is 0 Å². The molecular formula is C14H19IN4OS. The van der Waals surface area contributed by atoms with Gasteiger partial charge in [0.05, 0.1) is 24.4 Å². The standard InChI is InChI=1S/C14H18N4OS.HI/c1-3-13-17-11(9-20-13)8-16-14(15)18-10-4-6-12(19-2)7-5-10;/h4-7,9H,3,8H2,1-2H3,(H3,15,16,18);1H. The minimum Gasteiger partial charge on any atom is -0.497 e. The van der Waals surface area contributed by atoms with Crippen LogP contribution in [0.2, 0.25) is 0 Å². The van der Waals surface area contributed by atoms with Gasteiger partial charge < -0.3 is 15.8 Å². The summed E-state index contributed by atoms with van der Waals surface area (Å²) in [6, 6.07) is 7.51. The number of aliphatic imine (C=N–C) groups is 1. The van der Waals surface area contributed by atoms with Crippen LogP contribution in [-0.4, -0.2) is 18.1 Å². The molecule has 21 heavy (non-hydrogen) atoms. The Morgan fingerprint density at radius 3 is 2.67 bits per heavy atom. The lowest BCUT2D eigenvalue weighted by Crippen LogP contribution is -2.22. The van der Waals surface area contributed by atoms with E-state index in [1.54, 1.807) is 18.4 Å². The van der Waals surface area contributed by atoms with Crippen molar-refractivity contribution < 1.29 is 4.74 Å². The van der Waals surface area contributed by atoms with Crippen LogP contribution in [0.1, 0.15) is 17.6 Å². The highest BCUT2D eigenvalue weighted by Gasteiger charge is 2.00. The Kier molecular flexibility index (Phi) is 7.44. The number of ether oxygens (including phenoxy) is 1. The van der Waals surface area contributed by atoms with Crippen molar-refractivity contribution in [1.82, 2.24) is 4.98 Å². The van der Waals surface area contributed by atoms with E-state index in [0.29, 0.717) is 12.5 Å². The summed E-state index contributed by atoms with van der Waals surface area (Å²) in [5, 5.41) is 6.17. The van der Waals surface area contributed by atoms with Crippen LogP contribution >= 0.6 is 35.3 Å². The number of halogens is 1. The van der Waals surface area contributed by atoms with Crippen LogP contribution in [-0.2, 0) is 13.0 Å². The highest BCUT2D eigenvalue weighted by molar-refractivity contribution is 14.0. The van der Waals surface area contributed by atoms with Gasteiger partial charge >= 0.3 is 0 Å². The molecule has 0 aliphatic rings. The lowest BCUT2D eigenvalue weighted by atomic mass is 10.3. The zero-order valence-corrected chi connectivity index (χ0v) is 15.1. The molecule has 114 valence electrons. The van der Waals surface area contributed by atoms with E-state index < -0.39 is 0 Å². The number of benzene rings is 1. The Morgan fingerprint density at radius 1 is 1.38 bits per heavy atom. The van der Waals surface area contributed by atoms with Crippen LogP contribution in [0.5, 0.6) is 5.75 Å². The number of aryl methyl sites for hydroxylation is 1. The quantitative estimate of drug-likeness (QED) is 0.444. The lowest BCUT2D eigenvalue weighted by molar-refractivity contribution is 0.415. The predicted molar refractivity (Wildman–Crippen MR) is 98.9 cm³/mol. The van der Waals surface area contributed by atoms with Crippen molar-refractivity contribution >= 4 is 47.0 Å². The van der Waals surface area contributed by atoms with E-state index in [1.165, 1.54) is 0 Å². The summed E-state index contributed by atoms with van der Waals surface area (Å²) in [5.74, 6) is 1.18. The summed E-state index contributed by atoms with van der Waals surface area (Å²) in [5.41, 5.74) is 7.67. The van der Waals surface area contributed by atoms with Gasteiger partial charge in [-0.3, -0.25) is 0 Å². The van der Waals surface area contributed by atoms with Crippen LogP contribution < -0.4 is 15.8 Å². The van der Waals surface area contributed by atoms with Gasteiger partial charge in [-0.25, -0.2) is 9.98 Å². The number of hydrogen-bond acceptors (Lipinski definition) is 4. The molecule has 0 saturated carbocycles. The van der Waals surface area contributed by atoms with Crippen LogP contribution in [0.3, 0.4) is 0 Å². The number of aromatic nitrogens is 1. The van der Waals surface area contributed by atoms with Crippen molar-refractivity contribution in [3.63, 3.8) is 0 Å². The van der Waals surface area contributed by atoms with E-state index >= 15 is 0 Å². The smallest absolute Gasteiger partial charge is 0.193 e. The fourth-order valence-electron chi connectivity index (χ4n) is 1.61. The molecule has 0 saturated heterocycles. The first-order valence-electron chi connectivity index (χ1n) is 6.35. The zero-order chi connectivity index (χ0) is 14.4. The number of methoxy groups -OCH3 is 1. The number of thiazole rings is 1. The maximum Gasteiger partial charge on any atom is 0.193 e. The van der Waals surface area contributed by atoms with Crippen molar-refractivity contribution in [2.24, 2.45) is 10.7 Å². The number of guanidine groups is 1. The molecule has 1 aromatic heterocycles. The van der Waals surface area contributed by atoms with Crippen LogP contribution in [0.25, 0.3) is 0 Å². The summed E-state index contributed by atoms with van der Waals surface area (Å²) in [4.78, 5) is 8.72. The Morgan fingerprint density at radius 2 is 2.10 bits per heavy atom. The average Bonchev–Trinajstić information content (AvgIpc) is 2.94. The third-order valence-corrected chi connectivity index (χ3v) is 3.72. The summed E-state index contributed by atoms with van der Waals surface area (Å²) in [6.45, 7) is 2.58. The molecule has 0 fully saturated rings. The van der Waals surface area contributed by atoms with Gasteiger partial charge in [0.25, 0.3) is 0 Å².